The minimum atomic E-state index is -0.844. The molecule has 0 radical (unpaired) electrons. The van der Waals surface area contributed by atoms with Crippen LogP contribution in [0.3, 0.4) is 0 Å². The molecule has 4 heteroatoms. The van der Waals surface area contributed by atoms with Crippen molar-refractivity contribution in [1.82, 2.24) is 0 Å². The van der Waals surface area contributed by atoms with Crippen molar-refractivity contribution in [3.05, 3.63) is 34.6 Å². The summed E-state index contributed by atoms with van der Waals surface area (Å²) in [6, 6.07) is 3.39. The number of halogens is 2. The van der Waals surface area contributed by atoms with E-state index in [1.807, 2.05) is 0 Å². The van der Waals surface area contributed by atoms with Crippen LogP contribution in [0.15, 0.2) is 18.2 Å². The Kier molecular flexibility index (Phi) is 3.01. The Morgan fingerprint density at radius 3 is 2.77 bits per heavy atom. The van der Waals surface area contributed by atoms with Gasteiger partial charge in [0.05, 0.1) is 11.1 Å². The lowest BCUT2D eigenvalue weighted by atomic mass is 10.0. The molecule has 1 aromatic carbocycles. The fourth-order valence-electron chi connectivity index (χ4n) is 0.980. The molecule has 13 heavy (non-hydrogen) atoms. The molecule has 0 saturated heterocycles. The summed E-state index contributed by atoms with van der Waals surface area (Å²) < 4.78 is 12.9. The Hall–Kier alpha value is -0.930. The largest absolute Gasteiger partial charge is 0.318 e. The fraction of sp³-hybridized carbons (Fsp3) is 0.222. The molecule has 0 amide bonds. The van der Waals surface area contributed by atoms with Crippen LogP contribution in [0.25, 0.3) is 0 Å². The number of hydrogen-bond donors (Lipinski definition) is 1. The molecular weight excluding hydrogens is 193 g/mol. The Morgan fingerprint density at radius 1 is 1.62 bits per heavy atom. The molecule has 1 rings (SSSR count). The van der Waals surface area contributed by atoms with E-state index in [9.17, 15) is 9.18 Å². The van der Waals surface area contributed by atoms with Crippen molar-refractivity contribution in [2.45, 2.75) is 13.0 Å². The maximum absolute atomic E-state index is 12.9. The second kappa shape index (κ2) is 3.85. The van der Waals surface area contributed by atoms with Crippen LogP contribution >= 0.6 is 11.6 Å². The maximum Gasteiger partial charge on any atom is 0.151 e. The molecule has 0 aromatic heterocycles. The van der Waals surface area contributed by atoms with Crippen molar-refractivity contribution in [3.8, 4) is 0 Å². The summed E-state index contributed by atoms with van der Waals surface area (Å²) in [5.41, 5.74) is 5.83. The summed E-state index contributed by atoms with van der Waals surface area (Å²) in [7, 11) is 0. The van der Waals surface area contributed by atoms with Gasteiger partial charge in [-0.2, -0.15) is 0 Å². The molecule has 2 N–H and O–H groups in total. The van der Waals surface area contributed by atoms with Crippen molar-refractivity contribution in [2.75, 3.05) is 0 Å². The maximum atomic E-state index is 12.9. The molecule has 0 aliphatic carbocycles. The first-order chi connectivity index (χ1) is 6.04. The third kappa shape index (κ3) is 2.05. The van der Waals surface area contributed by atoms with E-state index in [1.54, 1.807) is 0 Å². The normalized spacial score (nSPS) is 12.6. The first-order valence-corrected chi connectivity index (χ1v) is 4.11. The van der Waals surface area contributed by atoms with Gasteiger partial charge in [-0.3, -0.25) is 4.79 Å². The van der Waals surface area contributed by atoms with E-state index in [0.717, 1.165) is 0 Å². The van der Waals surface area contributed by atoms with E-state index in [1.165, 1.54) is 25.1 Å². The number of hydrogen-bond acceptors (Lipinski definition) is 2. The molecule has 0 aliphatic rings. The van der Waals surface area contributed by atoms with Gasteiger partial charge < -0.3 is 5.73 Å². The molecule has 0 heterocycles. The zero-order valence-electron chi connectivity index (χ0n) is 7.05. The van der Waals surface area contributed by atoms with Crippen molar-refractivity contribution in [1.29, 1.82) is 0 Å². The fourth-order valence-corrected chi connectivity index (χ4v) is 1.22. The van der Waals surface area contributed by atoms with Gasteiger partial charge in [-0.15, -0.1) is 0 Å². The SMILES string of the molecule is CC(=O)C(N)c1cccc(F)c1Cl. The van der Waals surface area contributed by atoms with Crippen LogP contribution in [0, 0.1) is 5.82 Å². The second-order valence-electron chi connectivity index (χ2n) is 2.73. The number of benzene rings is 1. The van der Waals surface area contributed by atoms with E-state index >= 15 is 0 Å². The van der Waals surface area contributed by atoms with Gasteiger partial charge in [-0.25, -0.2) is 4.39 Å². The second-order valence-corrected chi connectivity index (χ2v) is 3.11. The average Bonchev–Trinajstić information content (AvgIpc) is 2.08. The number of ketones is 1. The Morgan fingerprint density at radius 2 is 2.23 bits per heavy atom. The number of rotatable bonds is 2. The van der Waals surface area contributed by atoms with E-state index in [-0.39, 0.29) is 10.8 Å². The lowest BCUT2D eigenvalue weighted by Gasteiger charge is -2.09. The number of nitrogens with two attached hydrogens (primary N) is 1. The van der Waals surface area contributed by atoms with Gasteiger partial charge in [0.15, 0.2) is 5.78 Å². The summed E-state index contributed by atoms with van der Waals surface area (Å²) in [4.78, 5) is 10.9. The Bertz CT molecular complexity index is 340. The molecule has 2 nitrogen and oxygen atoms in total. The average molecular weight is 202 g/mol. The van der Waals surface area contributed by atoms with Crippen LogP contribution in [0.1, 0.15) is 18.5 Å². The van der Waals surface area contributed by atoms with Gasteiger partial charge in [0.2, 0.25) is 0 Å². The quantitative estimate of drug-likeness (QED) is 0.796. The smallest absolute Gasteiger partial charge is 0.151 e. The molecule has 0 aliphatic heterocycles. The molecular formula is C9H9ClFNO. The highest BCUT2D eigenvalue weighted by atomic mass is 35.5. The molecule has 0 saturated carbocycles. The first kappa shape index (κ1) is 10.2. The van der Waals surface area contributed by atoms with E-state index in [2.05, 4.69) is 0 Å². The van der Waals surface area contributed by atoms with Gasteiger partial charge in [-0.1, -0.05) is 23.7 Å². The van der Waals surface area contributed by atoms with Crippen molar-refractivity contribution in [2.24, 2.45) is 5.73 Å². The molecule has 70 valence electrons. The molecule has 0 spiro atoms. The predicted molar refractivity (Wildman–Crippen MR) is 49.0 cm³/mol. The molecule has 0 fully saturated rings. The summed E-state index contributed by atoms with van der Waals surface area (Å²) >= 11 is 5.62. The Balaban J connectivity index is 3.15. The van der Waals surface area contributed by atoms with Crippen LogP contribution in [0.4, 0.5) is 4.39 Å². The Labute approximate surface area is 80.5 Å². The molecule has 1 aromatic rings. The van der Waals surface area contributed by atoms with Gasteiger partial charge in [0.1, 0.15) is 5.82 Å². The van der Waals surface area contributed by atoms with Gasteiger partial charge in [0.25, 0.3) is 0 Å². The van der Waals surface area contributed by atoms with Crippen LogP contribution in [0.2, 0.25) is 5.02 Å². The lowest BCUT2D eigenvalue weighted by Crippen LogP contribution is -2.19. The van der Waals surface area contributed by atoms with Crippen molar-refractivity contribution >= 4 is 17.4 Å². The highest BCUT2D eigenvalue weighted by molar-refractivity contribution is 6.31. The van der Waals surface area contributed by atoms with Gasteiger partial charge in [-0.05, 0) is 18.6 Å². The zero-order chi connectivity index (χ0) is 10.0. The molecule has 1 atom stereocenters. The van der Waals surface area contributed by atoms with Crippen molar-refractivity contribution in [3.63, 3.8) is 0 Å². The number of carbonyl (C=O) groups excluding carboxylic acids is 1. The molecule has 0 bridgehead atoms. The van der Waals surface area contributed by atoms with Gasteiger partial charge in [0, 0.05) is 0 Å². The summed E-state index contributed by atoms with van der Waals surface area (Å²) in [5, 5.41) is -0.0785. The van der Waals surface area contributed by atoms with Gasteiger partial charge >= 0.3 is 0 Å². The highest BCUT2D eigenvalue weighted by Gasteiger charge is 2.16. The minimum absolute atomic E-state index is 0.0785. The molecule has 1 unspecified atom stereocenters. The predicted octanol–water partition coefficient (Wildman–Crippen LogP) is 2.07. The summed E-state index contributed by atoms with van der Waals surface area (Å²) in [6.07, 6.45) is 0. The van der Waals surface area contributed by atoms with Crippen molar-refractivity contribution < 1.29 is 9.18 Å². The van der Waals surface area contributed by atoms with Crippen LogP contribution in [-0.2, 0) is 4.79 Å². The standard InChI is InChI=1S/C9H9ClFNO/c1-5(13)9(12)6-3-2-4-7(11)8(6)10/h2-4,9H,12H2,1H3. The third-order valence-corrected chi connectivity index (χ3v) is 2.15. The van der Waals surface area contributed by atoms with E-state index in [0.29, 0.717) is 5.56 Å². The third-order valence-electron chi connectivity index (χ3n) is 1.75. The van der Waals surface area contributed by atoms with Crippen LogP contribution < -0.4 is 5.73 Å². The lowest BCUT2D eigenvalue weighted by molar-refractivity contribution is -0.118. The first-order valence-electron chi connectivity index (χ1n) is 3.74. The summed E-state index contributed by atoms with van der Waals surface area (Å²) in [6.45, 7) is 1.34. The number of Topliss-reactive ketones (excluding diaryl/α,β-unsaturated/α-hetero) is 1. The number of carbonyl (C=O) groups is 1. The minimum Gasteiger partial charge on any atom is -0.318 e. The van der Waals surface area contributed by atoms with E-state index < -0.39 is 11.9 Å². The van der Waals surface area contributed by atoms with Crippen LogP contribution in [0.5, 0.6) is 0 Å². The van der Waals surface area contributed by atoms with Crippen LogP contribution in [-0.4, -0.2) is 5.78 Å². The topological polar surface area (TPSA) is 43.1 Å². The highest BCUT2D eigenvalue weighted by Crippen LogP contribution is 2.24. The monoisotopic (exact) mass is 201 g/mol. The van der Waals surface area contributed by atoms with E-state index in [4.69, 9.17) is 17.3 Å². The zero-order valence-corrected chi connectivity index (χ0v) is 7.81. The summed E-state index contributed by atoms with van der Waals surface area (Å²) in [5.74, 6) is -0.802.